The van der Waals surface area contributed by atoms with Gasteiger partial charge in [-0.1, -0.05) is 15.9 Å². The lowest BCUT2D eigenvalue weighted by atomic mass is 10.1. The van der Waals surface area contributed by atoms with E-state index >= 15 is 0 Å². The lowest BCUT2D eigenvalue weighted by molar-refractivity contribution is 0.0599. The largest absolute Gasteiger partial charge is 0.492 e. The summed E-state index contributed by atoms with van der Waals surface area (Å²) in [5.74, 6) is 0.476. The maximum atomic E-state index is 11.5. The Bertz CT molecular complexity index is 431. The van der Waals surface area contributed by atoms with E-state index in [9.17, 15) is 4.79 Å². The van der Waals surface area contributed by atoms with Gasteiger partial charge in [0.2, 0.25) is 0 Å². The SMILES string of the molecule is COC(=O)c1cc(Br)c2c(c1I)OCC2. The fraction of sp³-hybridized carbons (Fsp3) is 0.300. The highest BCUT2D eigenvalue weighted by Gasteiger charge is 2.24. The molecule has 0 N–H and O–H groups in total. The van der Waals surface area contributed by atoms with Gasteiger partial charge in [-0.05, 0) is 28.7 Å². The van der Waals surface area contributed by atoms with Gasteiger partial charge in [-0.15, -0.1) is 0 Å². The smallest absolute Gasteiger partial charge is 0.339 e. The molecule has 1 heterocycles. The molecule has 1 aliphatic rings. The van der Waals surface area contributed by atoms with E-state index in [0.29, 0.717) is 12.2 Å². The van der Waals surface area contributed by atoms with Crippen LogP contribution in [-0.2, 0) is 11.2 Å². The maximum absolute atomic E-state index is 11.5. The Balaban J connectivity index is 2.59. The van der Waals surface area contributed by atoms with Crippen LogP contribution in [0.1, 0.15) is 15.9 Å². The number of fused-ring (bicyclic) bond motifs is 1. The van der Waals surface area contributed by atoms with Gasteiger partial charge in [-0.3, -0.25) is 0 Å². The predicted molar refractivity (Wildman–Crippen MR) is 67.4 cm³/mol. The lowest BCUT2D eigenvalue weighted by Crippen LogP contribution is -2.05. The van der Waals surface area contributed by atoms with Gasteiger partial charge >= 0.3 is 5.97 Å². The fourth-order valence-corrected chi connectivity index (χ4v) is 3.00. The molecule has 1 aliphatic heterocycles. The van der Waals surface area contributed by atoms with Crippen LogP contribution in [0.2, 0.25) is 0 Å². The molecule has 2 rings (SSSR count). The average Bonchev–Trinajstić information content (AvgIpc) is 2.71. The van der Waals surface area contributed by atoms with Crippen LogP contribution in [0.25, 0.3) is 0 Å². The van der Waals surface area contributed by atoms with Crippen LogP contribution in [0.4, 0.5) is 0 Å². The Morgan fingerprint density at radius 3 is 3.07 bits per heavy atom. The first-order valence-electron chi connectivity index (χ1n) is 4.37. The first kappa shape index (κ1) is 11.2. The van der Waals surface area contributed by atoms with Crippen molar-refractivity contribution in [3.63, 3.8) is 0 Å². The zero-order valence-corrected chi connectivity index (χ0v) is 11.7. The summed E-state index contributed by atoms with van der Waals surface area (Å²) in [7, 11) is 1.38. The standard InChI is InChI=1S/C10H8BrIO3/c1-14-10(13)6-4-7(11)5-2-3-15-9(5)8(6)12/h4H,2-3H2,1H3. The van der Waals surface area contributed by atoms with E-state index in [1.807, 2.05) is 0 Å². The minimum absolute atomic E-state index is 0.335. The molecule has 1 aromatic carbocycles. The lowest BCUT2D eigenvalue weighted by Gasteiger charge is -2.09. The molecule has 0 saturated heterocycles. The molecule has 15 heavy (non-hydrogen) atoms. The van der Waals surface area contributed by atoms with E-state index in [1.165, 1.54) is 7.11 Å². The third-order valence-electron chi connectivity index (χ3n) is 2.27. The van der Waals surface area contributed by atoms with Gasteiger partial charge in [0.15, 0.2) is 0 Å². The molecule has 0 aromatic heterocycles. The topological polar surface area (TPSA) is 35.5 Å². The van der Waals surface area contributed by atoms with Crippen molar-refractivity contribution in [1.29, 1.82) is 0 Å². The predicted octanol–water partition coefficient (Wildman–Crippen LogP) is 2.78. The van der Waals surface area contributed by atoms with Gasteiger partial charge in [-0.25, -0.2) is 4.79 Å². The second-order valence-corrected chi connectivity index (χ2v) is 5.05. The Labute approximate surface area is 109 Å². The van der Waals surface area contributed by atoms with Crippen molar-refractivity contribution in [2.45, 2.75) is 6.42 Å². The van der Waals surface area contributed by atoms with Crippen molar-refractivity contribution >= 4 is 44.5 Å². The van der Waals surface area contributed by atoms with Crippen molar-refractivity contribution in [3.05, 3.63) is 25.2 Å². The molecule has 1 aromatic rings. The molecular formula is C10H8BrIO3. The van der Waals surface area contributed by atoms with Gasteiger partial charge in [0.1, 0.15) is 5.75 Å². The van der Waals surface area contributed by atoms with Gasteiger partial charge in [0.25, 0.3) is 0 Å². The van der Waals surface area contributed by atoms with E-state index in [-0.39, 0.29) is 5.97 Å². The van der Waals surface area contributed by atoms with E-state index in [4.69, 9.17) is 9.47 Å². The molecule has 0 unspecified atom stereocenters. The van der Waals surface area contributed by atoms with Crippen LogP contribution >= 0.6 is 38.5 Å². The summed E-state index contributed by atoms with van der Waals surface area (Å²) in [6.07, 6.45) is 0.882. The maximum Gasteiger partial charge on any atom is 0.339 e. The Morgan fingerprint density at radius 1 is 1.67 bits per heavy atom. The number of carbonyl (C=O) groups excluding carboxylic acids is 1. The molecule has 0 fully saturated rings. The summed E-state index contributed by atoms with van der Waals surface area (Å²) < 4.78 is 12.0. The normalized spacial score (nSPS) is 13.3. The van der Waals surface area contributed by atoms with E-state index < -0.39 is 0 Å². The van der Waals surface area contributed by atoms with Crippen molar-refractivity contribution < 1.29 is 14.3 Å². The van der Waals surface area contributed by atoms with Gasteiger partial charge < -0.3 is 9.47 Å². The Morgan fingerprint density at radius 2 is 2.40 bits per heavy atom. The minimum Gasteiger partial charge on any atom is -0.492 e. The zero-order chi connectivity index (χ0) is 11.0. The van der Waals surface area contributed by atoms with Crippen molar-refractivity contribution in [2.24, 2.45) is 0 Å². The summed E-state index contributed by atoms with van der Waals surface area (Å²) in [5.41, 5.74) is 1.68. The highest BCUT2D eigenvalue weighted by molar-refractivity contribution is 14.1. The number of halogens is 2. The third-order valence-corrected chi connectivity index (χ3v) is 4.05. The fourth-order valence-electron chi connectivity index (χ4n) is 1.54. The molecule has 3 nitrogen and oxygen atoms in total. The molecular weight excluding hydrogens is 375 g/mol. The van der Waals surface area contributed by atoms with Crippen LogP contribution in [0, 0.1) is 3.57 Å². The van der Waals surface area contributed by atoms with Gasteiger partial charge in [0, 0.05) is 16.5 Å². The number of benzene rings is 1. The number of ether oxygens (including phenoxy) is 2. The molecule has 0 saturated carbocycles. The number of hydrogen-bond donors (Lipinski definition) is 0. The monoisotopic (exact) mass is 382 g/mol. The molecule has 80 valence electrons. The molecule has 0 radical (unpaired) electrons. The van der Waals surface area contributed by atoms with Crippen LogP contribution in [0.3, 0.4) is 0 Å². The van der Waals surface area contributed by atoms with Crippen molar-refractivity contribution in [1.82, 2.24) is 0 Å². The van der Waals surface area contributed by atoms with Crippen molar-refractivity contribution in [2.75, 3.05) is 13.7 Å². The van der Waals surface area contributed by atoms with E-state index in [2.05, 4.69) is 38.5 Å². The molecule has 0 aliphatic carbocycles. The summed E-state index contributed by atoms with van der Waals surface area (Å²) in [4.78, 5) is 11.5. The number of methoxy groups -OCH3 is 1. The molecule has 0 amide bonds. The van der Waals surface area contributed by atoms with E-state index in [1.54, 1.807) is 6.07 Å². The number of hydrogen-bond acceptors (Lipinski definition) is 3. The first-order chi connectivity index (χ1) is 7.15. The number of carbonyl (C=O) groups is 1. The zero-order valence-electron chi connectivity index (χ0n) is 7.97. The summed E-state index contributed by atoms with van der Waals surface area (Å²) in [6, 6.07) is 1.79. The summed E-state index contributed by atoms with van der Waals surface area (Å²) in [5, 5.41) is 0. The van der Waals surface area contributed by atoms with Gasteiger partial charge in [-0.2, -0.15) is 0 Å². The second-order valence-electron chi connectivity index (χ2n) is 3.12. The molecule has 0 bridgehead atoms. The number of esters is 1. The molecule has 5 heteroatoms. The van der Waals surface area contributed by atoms with Crippen LogP contribution in [-0.4, -0.2) is 19.7 Å². The third kappa shape index (κ3) is 1.87. The van der Waals surface area contributed by atoms with Crippen LogP contribution in [0.15, 0.2) is 10.5 Å². The average molecular weight is 383 g/mol. The summed E-state index contributed by atoms with van der Waals surface area (Å²) in [6.45, 7) is 0.675. The van der Waals surface area contributed by atoms with Gasteiger partial charge in [0.05, 0.1) is 22.9 Å². The highest BCUT2D eigenvalue weighted by Crippen LogP contribution is 2.38. The molecule has 0 spiro atoms. The highest BCUT2D eigenvalue weighted by atomic mass is 127. The second kappa shape index (κ2) is 4.29. The van der Waals surface area contributed by atoms with Crippen LogP contribution in [0.5, 0.6) is 5.75 Å². The minimum atomic E-state index is -0.335. The van der Waals surface area contributed by atoms with E-state index in [0.717, 1.165) is 25.8 Å². The quantitative estimate of drug-likeness (QED) is 0.553. The Hall–Kier alpha value is -0.300. The van der Waals surface area contributed by atoms with Crippen LogP contribution < -0.4 is 4.74 Å². The molecule has 0 atom stereocenters. The first-order valence-corrected chi connectivity index (χ1v) is 6.24. The Kier molecular flexibility index (Phi) is 3.20. The van der Waals surface area contributed by atoms with Crippen molar-refractivity contribution in [3.8, 4) is 5.75 Å². The summed E-state index contributed by atoms with van der Waals surface area (Å²) >= 11 is 5.55. The number of rotatable bonds is 1.